The van der Waals surface area contributed by atoms with Gasteiger partial charge in [-0.1, -0.05) is 6.07 Å². The van der Waals surface area contributed by atoms with Crippen LogP contribution in [-0.4, -0.2) is 32.7 Å². The van der Waals surface area contributed by atoms with Gasteiger partial charge in [-0.15, -0.1) is 11.3 Å². The van der Waals surface area contributed by atoms with Gasteiger partial charge in [0.25, 0.3) is 0 Å². The van der Waals surface area contributed by atoms with E-state index in [4.69, 9.17) is 0 Å². The summed E-state index contributed by atoms with van der Waals surface area (Å²) in [7, 11) is -0.470. The molecular weight excluding hydrogens is 332 g/mol. The molecule has 1 heterocycles. The monoisotopic (exact) mass is 352 g/mol. The van der Waals surface area contributed by atoms with Crippen molar-refractivity contribution in [2.75, 3.05) is 19.4 Å². The fourth-order valence-corrected chi connectivity index (χ4v) is 3.68. The third-order valence-electron chi connectivity index (χ3n) is 3.32. The smallest absolute Gasteiger partial charge is 0.242 e. The molecule has 1 N–H and O–H groups in total. The first-order valence-corrected chi connectivity index (χ1v) is 9.56. The Bertz CT molecular complexity index is 736. The maximum absolute atomic E-state index is 12.0. The second kappa shape index (κ2) is 7.72. The van der Waals surface area contributed by atoms with Crippen LogP contribution >= 0.6 is 11.3 Å². The Morgan fingerprint density at radius 3 is 2.43 bits per heavy atom. The molecule has 1 aromatic heterocycles. The Labute approximate surface area is 141 Å². The number of amides is 1. The largest absolute Gasteiger partial charge is 0.326 e. The molecule has 0 atom stereocenters. The van der Waals surface area contributed by atoms with Gasteiger partial charge in [-0.2, -0.15) is 0 Å². The van der Waals surface area contributed by atoms with Gasteiger partial charge in [-0.05, 0) is 48.6 Å². The summed E-state index contributed by atoms with van der Waals surface area (Å²) >= 11 is 1.69. The van der Waals surface area contributed by atoms with Crippen LogP contribution in [0.2, 0.25) is 0 Å². The van der Waals surface area contributed by atoms with Crippen LogP contribution in [0.3, 0.4) is 0 Å². The van der Waals surface area contributed by atoms with Crippen molar-refractivity contribution in [3.8, 4) is 0 Å². The molecular formula is C16H20N2O3S2. The number of rotatable bonds is 7. The maximum atomic E-state index is 12.0. The zero-order chi connectivity index (χ0) is 16.9. The lowest BCUT2D eigenvalue weighted by Crippen LogP contribution is -2.22. The highest BCUT2D eigenvalue weighted by atomic mass is 32.2. The highest BCUT2D eigenvalue weighted by Crippen LogP contribution is 2.17. The molecule has 124 valence electrons. The SMILES string of the molecule is CN(C)S(=O)(=O)c1ccc(NC(=O)CCCc2cccs2)cc1. The van der Waals surface area contributed by atoms with Crippen molar-refractivity contribution in [3.05, 3.63) is 46.7 Å². The topological polar surface area (TPSA) is 66.5 Å². The minimum atomic E-state index is -3.44. The molecule has 23 heavy (non-hydrogen) atoms. The summed E-state index contributed by atoms with van der Waals surface area (Å²) < 4.78 is 25.1. The first-order chi connectivity index (χ1) is 10.9. The third kappa shape index (κ3) is 4.89. The Balaban J connectivity index is 1.87. The Morgan fingerprint density at radius 1 is 1.17 bits per heavy atom. The molecule has 5 nitrogen and oxygen atoms in total. The fourth-order valence-electron chi connectivity index (χ4n) is 2.02. The molecule has 0 bridgehead atoms. The van der Waals surface area contributed by atoms with Crippen LogP contribution in [0.5, 0.6) is 0 Å². The third-order valence-corrected chi connectivity index (χ3v) is 6.09. The molecule has 0 aliphatic heterocycles. The molecule has 0 fully saturated rings. The van der Waals surface area contributed by atoms with Crippen LogP contribution in [-0.2, 0) is 21.2 Å². The van der Waals surface area contributed by atoms with Gasteiger partial charge in [0, 0.05) is 31.1 Å². The van der Waals surface area contributed by atoms with Crippen molar-refractivity contribution in [2.24, 2.45) is 0 Å². The van der Waals surface area contributed by atoms with E-state index < -0.39 is 10.0 Å². The van der Waals surface area contributed by atoms with E-state index in [0.29, 0.717) is 12.1 Å². The van der Waals surface area contributed by atoms with Crippen molar-refractivity contribution in [1.29, 1.82) is 0 Å². The summed E-state index contributed by atoms with van der Waals surface area (Å²) in [5.41, 5.74) is 0.601. The van der Waals surface area contributed by atoms with E-state index in [1.165, 1.54) is 31.1 Å². The number of anilines is 1. The number of carbonyl (C=O) groups excluding carboxylic acids is 1. The highest BCUT2D eigenvalue weighted by Gasteiger charge is 2.16. The van der Waals surface area contributed by atoms with Crippen molar-refractivity contribution in [2.45, 2.75) is 24.2 Å². The van der Waals surface area contributed by atoms with E-state index in [0.717, 1.165) is 17.1 Å². The molecule has 0 radical (unpaired) electrons. The summed E-state index contributed by atoms with van der Waals surface area (Å²) in [5.74, 6) is -0.0650. The summed E-state index contributed by atoms with van der Waals surface area (Å²) in [6.45, 7) is 0. The van der Waals surface area contributed by atoms with Gasteiger partial charge in [0.2, 0.25) is 15.9 Å². The summed E-state index contributed by atoms with van der Waals surface area (Å²) in [4.78, 5) is 13.4. The van der Waals surface area contributed by atoms with Crippen molar-refractivity contribution in [1.82, 2.24) is 4.31 Å². The first-order valence-electron chi connectivity index (χ1n) is 7.24. The maximum Gasteiger partial charge on any atom is 0.242 e. The normalized spacial score (nSPS) is 11.6. The van der Waals surface area contributed by atoms with E-state index in [-0.39, 0.29) is 10.8 Å². The number of aryl methyl sites for hydroxylation is 1. The molecule has 1 aromatic carbocycles. The lowest BCUT2D eigenvalue weighted by molar-refractivity contribution is -0.116. The average molecular weight is 352 g/mol. The predicted molar refractivity (Wildman–Crippen MR) is 93.2 cm³/mol. The van der Waals surface area contributed by atoms with Gasteiger partial charge in [0.05, 0.1) is 4.90 Å². The summed E-state index contributed by atoms with van der Waals surface area (Å²) in [5, 5.41) is 4.81. The first kappa shape index (κ1) is 17.7. The standard InChI is InChI=1S/C16H20N2O3S2/c1-18(2)23(20,21)15-10-8-13(9-11-15)17-16(19)7-3-5-14-6-4-12-22-14/h4,6,8-12H,3,5,7H2,1-2H3,(H,17,19). The molecule has 0 saturated heterocycles. The number of nitrogens with zero attached hydrogens (tertiary/aromatic N) is 1. The van der Waals surface area contributed by atoms with Crippen LogP contribution < -0.4 is 5.32 Å². The van der Waals surface area contributed by atoms with Gasteiger partial charge < -0.3 is 5.32 Å². The molecule has 0 aliphatic carbocycles. The van der Waals surface area contributed by atoms with E-state index in [1.807, 2.05) is 11.4 Å². The highest BCUT2D eigenvalue weighted by molar-refractivity contribution is 7.89. The molecule has 2 aromatic rings. The fraction of sp³-hybridized carbons (Fsp3) is 0.312. The Kier molecular flexibility index (Phi) is 5.92. The number of thiophene rings is 1. The van der Waals surface area contributed by atoms with Crippen molar-refractivity contribution < 1.29 is 13.2 Å². The average Bonchev–Trinajstić information content (AvgIpc) is 3.01. The van der Waals surface area contributed by atoms with E-state index in [9.17, 15) is 13.2 Å². The van der Waals surface area contributed by atoms with Crippen LogP contribution in [0.25, 0.3) is 0 Å². The molecule has 0 saturated carbocycles. The van der Waals surface area contributed by atoms with Gasteiger partial charge in [-0.3, -0.25) is 4.79 Å². The zero-order valence-electron chi connectivity index (χ0n) is 13.2. The van der Waals surface area contributed by atoms with Crippen molar-refractivity contribution in [3.63, 3.8) is 0 Å². The second-order valence-electron chi connectivity index (χ2n) is 5.29. The zero-order valence-corrected chi connectivity index (χ0v) is 14.8. The van der Waals surface area contributed by atoms with E-state index in [1.54, 1.807) is 23.5 Å². The van der Waals surface area contributed by atoms with E-state index in [2.05, 4.69) is 11.4 Å². The van der Waals surface area contributed by atoms with Gasteiger partial charge in [-0.25, -0.2) is 12.7 Å². The molecule has 0 spiro atoms. The molecule has 0 unspecified atom stereocenters. The molecule has 2 rings (SSSR count). The number of carbonyl (C=O) groups is 1. The number of hydrogen-bond acceptors (Lipinski definition) is 4. The second-order valence-corrected chi connectivity index (χ2v) is 8.48. The minimum absolute atomic E-state index is 0.0650. The lowest BCUT2D eigenvalue weighted by Gasteiger charge is -2.12. The van der Waals surface area contributed by atoms with Crippen LogP contribution in [0.4, 0.5) is 5.69 Å². The predicted octanol–water partition coefficient (Wildman–Crippen LogP) is 2.96. The van der Waals surface area contributed by atoms with Crippen LogP contribution in [0.1, 0.15) is 17.7 Å². The quantitative estimate of drug-likeness (QED) is 0.833. The van der Waals surface area contributed by atoms with Gasteiger partial charge in [0.1, 0.15) is 0 Å². The Morgan fingerprint density at radius 2 is 1.87 bits per heavy atom. The van der Waals surface area contributed by atoms with Gasteiger partial charge in [0.15, 0.2) is 0 Å². The van der Waals surface area contributed by atoms with Crippen LogP contribution in [0, 0.1) is 0 Å². The number of sulfonamides is 1. The number of hydrogen-bond donors (Lipinski definition) is 1. The molecule has 0 aliphatic rings. The van der Waals surface area contributed by atoms with E-state index >= 15 is 0 Å². The lowest BCUT2D eigenvalue weighted by atomic mass is 10.2. The van der Waals surface area contributed by atoms with Gasteiger partial charge >= 0.3 is 0 Å². The minimum Gasteiger partial charge on any atom is -0.326 e. The van der Waals surface area contributed by atoms with Crippen LogP contribution in [0.15, 0.2) is 46.7 Å². The number of nitrogens with one attached hydrogen (secondary N) is 1. The molecule has 1 amide bonds. The summed E-state index contributed by atoms with van der Waals surface area (Å²) in [6, 6.07) is 10.3. The summed E-state index contributed by atoms with van der Waals surface area (Å²) in [6.07, 6.45) is 2.13. The number of benzene rings is 1. The molecule has 7 heteroatoms. The Hall–Kier alpha value is -1.70. The van der Waals surface area contributed by atoms with Crippen molar-refractivity contribution >= 4 is 33.0 Å².